The third-order valence-corrected chi connectivity index (χ3v) is 7.89. The summed E-state index contributed by atoms with van der Waals surface area (Å²) in [4.78, 5) is 10.8. The van der Waals surface area contributed by atoms with E-state index in [9.17, 15) is 0 Å². The van der Waals surface area contributed by atoms with Gasteiger partial charge in [-0.2, -0.15) is 0 Å². The molecular formula is C25H17N5OS2. The third kappa shape index (κ3) is 3.67. The number of fused-ring (bicyclic) bond motifs is 2. The van der Waals surface area contributed by atoms with Crippen LogP contribution in [0.15, 0.2) is 105 Å². The van der Waals surface area contributed by atoms with Gasteiger partial charge in [-0.3, -0.25) is 4.98 Å². The number of ether oxygens (including phenoxy) is 1. The fourth-order valence-corrected chi connectivity index (χ4v) is 6.10. The summed E-state index contributed by atoms with van der Waals surface area (Å²) in [7, 11) is 1.68. The van der Waals surface area contributed by atoms with Crippen LogP contribution in [-0.2, 0) is 0 Å². The van der Waals surface area contributed by atoms with E-state index in [0.717, 1.165) is 22.6 Å². The van der Waals surface area contributed by atoms with Crippen LogP contribution in [0.3, 0.4) is 0 Å². The van der Waals surface area contributed by atoms with Gasteiger partial charge < -0.3 is 4.74 Å². The summed E-state index contributed by atoms with van der Waals surface area (Å²) >= 11 is 3.61. The molecule has 3 heterocycles. The minimum absolute atomic E-state index is 0.475. The van der Waals surface area contributed by atoms with Crippen LogP contribution in [0.5, 0.6) is 5.75 Å². The topological polar surface area (TPSA) is 65.7 Å². The molecule has 33 heavy (non-hydrogen) atoms. The molecule has 8 heteroatoms. The van der Waals surface area contributed by atoms with Crippen LogP contribution in [0.2, 0.25) is 0 Å². The van der Waals surface area contributed by atoms with Gasteiger partial charge in [0.1, 0.15) is 11.4 Å². The molecule has 2 aromatic heterocycles. The van der Waals surface area contributed by atoms with E-state index < -0.39 is 0 Å². The predicted molar refractivity (Wildman–Crippen MR) is 129 cm³/mol. The molecular weight excluding hydrogens is 450 g/mol. The van der Waals surface area contributed by atoms with E-state index in [0.29, 0.717) is 11.5 Å². The average molecular weight is 468 g/mol. The highest BCUT2D eigenvalue weighted by atomic mass is 32.2. The summed E-state index contributed by atoms with van der Waals surface area (Å²) in [6.07, 6.45) is 1.71. The fraction of sp³-hybridized carbons (Fsp3) is 0.0400. The Balaban J connectivity index is 1.39. The number of methoxy groups -OCH3 is 1. The SMILES string of the molecule is COc1cc(-n2nnc(-c3ccccn3)n2)ccc1-c1cccc2c1Sc1ccccc1S2. The van der Waals surface area contributed by atoms with Gasteiger partial charge in [0.15, 0.2) is 0 Å². The van der Waals surface area contributed by atoms with E-state index in [1.165, 1.54) is 24.4 Å². The summed E-state index contributed by atoms with van der Waals surface area (Å²) in [5.74, 6) is 1.23. The molecule has 5 aromatic rings. The Morgan fingerprint density at radius 3 is 2.42 bits per heavy atom. The lowest BCUT2D eigenvalue weighted by Gasteiger charge is -2.21. The third-order valence-electron chi connectivity index (χ3n) is 5.27. The standard InChI is InChI=1S/C25H17N5OS2/c1-31-20-15-16(30-28-25(27-29-30)19-8-4-5-14-26-19)12-13-17(20)18-7-6-11-23-24(18)33-22-10-3-2-9-21(22)32-23/h2-15H,1H3. The van der Waals surface area contributed by atoms with Crippen molar-refractivity contribution in [2.45, 2.75) is 19.6 Å². The largest absolute Gasteiger partial charge is 0.496 e. The summed E-state index contributed by atoms with van der Waals surface area (Å²) in [5.41, 5.74) is 3.61. The Bertz CT molecular complexity index is 1470. The van der Waals surface area contributed by atoms with Crippen molar-refractivity contribution in [1.29, 1.82) is 0 Å². The van der Waals surface area contributed by atoms with E-state index in [1.54, 1.807) is 36.8 Å². The van der Waals surface area contributed by atoms with Gasteiger partial charge >= 0.3 is 0 Å². The predicted octanol–water partition coefficient (Wildman–Crippen LogP) is 6.02. The number of hydrogen-bond donors (Lipinski definition) is 0. The molecule has 0 spiro atoms. The van der Waals surface area contributed by atoms with E-state index in [4.69, 9.17) is 4.74 Å². The molecule has 0 bridgehead atoms. The maximum absolute atomic E-state index is 5.80. The van der Waals surface area contributed by atoms with Crippen molar-refractivity contribution in [3.63, 3.8) is 0 Å². The number of rotatable bonds is 4. The quantitative estimate of drug-likeness (QED) is 0.314. The first kappa shape index (κ1) is 20.0. The van der Waals surface area contributed by atoms with Crippen molar-refractivity contribution in [3.05, 3.63) is 85.1 Å². The number of nitrogens with zero attached hydrogens (tertiary/aromatic N) is 5. The molecule has 1 aliphatic rings. The number of aromatic nitrogens is 5. The van der Waals surface area contributed by atoms with E-state index in [1.807, 2.05) is 30.3 Å². The van der Waals surface area contributed by atoms with Crippen molar-refractivity contribution < 1.29 is 4.74 Å². The van der Waals surface area contributed by atoms with Crippen molar-refractivity contribution in [2.24, 2.45) is 0 Å². The Hall–Kier alpha value is -3.62. The molecule has 0 amide bonds. The maximum atomic E-state index is 5.80. The molecule has 0 N–H and O–H groups in total. The fourth-order valence-electron chi connectivity index (χ4n) is 3.71. The number of hydrogen-bond acceptors (Lipinski definition) is 7. The van der Waals surface area contributed by atoms with E-state index >= 15 is 0 Å². The van der Waals surface area contributed by atoms with Gasteiger partial charge in [-0.15, -0.1) is 15.0 Å². The molecule has 160 valence electrons. The molecule has 1 aliphatic heterocycles. The minimum Gasteiger partial charge on any atom is -0.496 e. The van der Waals surface area contributed by atoms with Crippen molar-refractivity contribution >= 4 is 23.5 Å². The molecule has 0 radical (unpaired) electrons. The summed E-state index contributed by atoms with van der Waals surface area (Å²) in [5, 5.41) is 12.9. The van der Waals surface area contributed by atoms with Gasteiger partial charge in [0.2, 0.25) is 5.82 Å². The molecule has 0 unspecified atom stereocenters. The lowest BCUT2D eigenvalue weighted by Crippen LogP contribution is -2.01. The van der Waals surface area contributed by atoms with E-state index in [-0.39, 0.29) is 0 Å². The highest BCUT2D eigenvalue weighted by molar-refractivity contribution is 8.05. The zero-order valence-corrected chi connectivity index (χ0v) is 19.2. The van der Waals surface area contributed by atoms with E-state index in [2.05, 4.69) is 68.9 Å². The monoisotopic (exact) mass is 467 g/mol. The Labute approximate surface area is 199 Å². The van der Waals surface area contributed by atoms with Crippen LogP contribution in [-0.4, -0.2) is 32.3 Å². The number of tetrazole rings is 1. The minimum atomic E-state index is 0.475. The Morgan fingerprint density at radius 1 is 0.788 bits per heavy atom. The number of benzene rings is 3. The number of pyridine rings is 1. The first-order chi connectivity index (χ1) is 16.3. The first-order valence-corrected chi connectivity index (χ1v) is 11.9. The first-order valence-electron chi connectivity index (χ1n) is 10.3. The summed E-state index contributed by atoms with van der Waals surface area (Å²) < 4.78 is 5.80. The van der Waals surface area contributed by atoms with Crippen LogP contribution in [0.4, 0.5) is 0 Å². The van der Waals surface area contributed by atoms with Gasteiger partial charge in [0, 0.05) is 43.0 Å². The van der Waals surface area contributed by atoms with Crippen LogP contribution >= 0.6 is 23.5 Å². The molecule has 6 rings (SSSR count). The van der Waals surface area contributed by atoms with Gasteiger partial charge in [-0.05, 0) is 47.7 Å². The smallest absolute Gasteiger partial charge is 0.223 e. The molecule has 0 saturated heterocycles. The highest BCUT2D eigenvalue weighted by Gasteiger charge is 2.22. The second-order valence-electron chi connectivity index (χ2n) is 7.29. The molecule has 0 fully saturated rings. The lowest BCUT2D eigenvalue weighted by molar-refractivity contribution is 0.416. The highest BCUT2D eigenvalue weighted by Crippen LogP contribution is 2.52. The van der Waals surface area contributed by atoms with Gasteiger partial charge in [-0.1, -0.05) is 53.9 Å². The molecule has 0 aliphatic carbocycles. The zero-order valence-electron chi connectivity index (χ0n) is 17.5. The summed E-state index contributed by atoms with van der Waals surface area (Å²) in [6, 6.07) is 26.5. The van der Waals surface area contributed by atoms with Gasteiger partial charge in [0.25, 0.3) is 0 Å². The maximum Gasteiger partial charge on any atom is 0.223 e. The Kier molecular flexibility index (Phi) is 5.09. The molecule has 0 saturated carbocycles. The van der Waals surface area contributed by atoms with Crippen LogP contribution < -0.4 is 4.74 Å². The van der Waals surface area contributed by atoms with Gasteiger partial charge in [-0.25, -0.2) is 0 Å². The summed E-state index contributed by atoms with van der Waals surface area (Å²) in [6.45, 7) is 0. The van der Waals surface area contributed by atoms with Crippen LogP contribution in [0.1, 0.15) is 0 Å². The van der Waals surface area contributed by atoms with Crippen molar-refractivity contribution in [3.8, 4) is 34.1 Å². The normalized spacial score (nSPS) is 12.2. The zero-order chi connectivity index (χ0) is 22.2. The van der Waals surface area contributed by atoms with Crippen molar-refractivity contribution in [2.75, 3.05) is 7.11 Å². The van der Waals surface area contributed by atoms with Crippen LogP contribution in [0.25, 0.3) is 28.3 Å². The van der Waals surface area contributed by atoms with Crippen molar-refractivity contribution in [1.82, 2.24) is 25.2 Å². The lowest BCUT2D eigenvalue weighted by atomic mass is 10.0. The average Bonchev–Trinajstić information content (AvgIpc) is 3.38. The van der Waals surface area contributed by atoms with Gasteiger partial charge in [0.05, 0.1) is 12.8 Å². The molecule has 6 nitrogen and oxygen atoms in total. The molecule has 0 atom stereocenters. The second kappa shape index (κ2) is 8.38. The Morgan fingerprint density at radius 2 is 1.61 bits per heavy atom. The molecule has 3 aromatic carbocycles. The second-order valence-corrected chi connectivity index (χ2v) is 9.42. The van der Waals surface area contributed by atoms with Crippen LogP contribution in [0, 0.1) is 0 Å².